The van der Waals surface area contributed by atoms with Crippen molar-refractivity contribution in [3.05, 3.63) is 12.2 Å². The maximum atomic E-state index is 13.2. The molecule has 0 heterocycles. The number of alkyl halides is 15. The van der Waals surface area contributed by atoms with Crippen molar-refractivity contribution >= 4 is 5.97 Å². The first-order chi connectivity index (χ1) is 12.0. The average molecular weight is 454 g/mol. The summed E-state index contributed by atoms with van der Waals surface area (Å²) < 4.78 is 193. The minimum Gasteiger partial charge on any atom is -0.478 e. The molecule has 0 bridgehead atoms. The fraction of sp³-hybridized carbons (Fsp3) is 0.727. The van der Waals surface area contributed by atoms with E-state index < -0.39 is 59.7 Å². The molecule has 0 aliphatic rings. The second-order valence-corrected chi connectivity index (χ2v) is 5.04. The molecule has 17 heteroatoms. The number of hydrogen-bond acceptors (Lipinski definition) is 1. The topological polar surface area (TPSA) is 37.3 Å². The van der Waals surface area contributed by atoms with Gasteiger partial charge in [0.1, 0.15) is 0 Å². The van der Waals surface area contributed by atoms with Crippen molar-refractivity contribution < 1.29 is 75.8 Å². The van der Waals surface area contributed by atoms with Crippen molar-refractivity contribution in [3.8, 4) is 0 Å². The lowest BCUT2D eigenvalue weighted by atomic mass is 9.88. The van der Waals surface area contributed by atoms with Gasteiger partial charge in [0.05, 0.1) is 5.57 Å². The molecule has 1 unspecified atom stereocenters. The van der Waals surface area contributed by atoms with Crippen LogP contribution in [0.1, 0.15) is 0 Å². The lowest BCUT2D eigenvalue weighted by molar-refractivity contribution is -0.435. The third kappa shape index (κ3) is 3.25. The van der Waals surface area contributed by atoms with E-state index in [0.29, 0.717) is 0 Å². The minimum absolute atomic E-state index is 1.90. The lowest BCUT2D eigenvalue weighted by Crippen LogP contribution is -2.72. The highest BCUT2D eigenvalue weighted by Gasteiger charge is 2.92. The molecule has 0 saturated carbocycles. The molecule has 0 aromatic carbocycles. The average Bonchev–Trinajstić information content (AvgIpc) is 2.51. The Bertz CT molecular complexity index is 623. The first-order valence-electron chi connectivity index (χ1n) is 6.07. The van der Waals surface area contributed by atoms with Crippen LogP contribution in [0, 0.1) is 0 Å². The van der Waals surface area contributed by atoms with Crippen LogP contribution >= 0.6 is 0 Å². The van der Waals surface area contributed by atoms with Gasteiger partial charge in [0, 0.05) is 0 Å². The van der Waals surface area contributed by atoms with Crippen LogP contribution in [-0.4, -0.2) is 59.2 Å². The highest BCUT2D eigenvalue weighted by Crippen LogP contribution is 2.61. The molecular formula is C11H5F15O2. The molecule has 0 fully saturated rings. The lowest BCUT2D eigenvalue weighted by Gasteiger charge is -2.41. The van der Waals surface area contributed by atoms with Crippen molar-refractivity contribution in [2.24, 2.45) is 0 Å². The Balaban J connectivity index is 6.54. The van der Waals surface area contributed by atoms with Crippen molar-refractivity contribution in [2.75, 3.05) is 0 Å². The SMILES string of the molecule is C=C(C(=O)O)C(F)C(F)(F)C(F)(F)C(F)(F)C(F)(F)C(F)(F)C(F)(F)C(F)F. The number of halogens is 15. The smallest absolute Gasteiger partial charge is 0.384 e. The molecule has 0 aromatic heterocycles. The zero-order chi connectivity index (χ0) is 23.3. The van der Waals surface area contributed by atoms with Crippen LogP contribution in [0.4, 0.5) is 65.9 Å². The van der Waals surface area contributed by atoms with Crippen LogP contribution in [0.25, 0.3) is 0 Å². The van der Waals surface area contributed by atoms with Crippen molar-refractivity contribution in [1.82, 2.24) is 0 Å². The second kappa shape index (κ2) is 6.89. The number of aliphatic carboxylic acids is 1. The highest BCUT2D eigenvalue weighted by atomic mass is 19.4. The summed E-state index contributed by atoms with van der Waals surface area (Å²) in [4.78, 5) is 10.2. The van der Waals surface area contributed by atoms with Gasteiger partial charge in [-0.2, -0.15) is 52.7 Å². The minimum atomic E-state index is -8.31. The normalized spacial score (nSPS) is 16.3. The Morgan fingerprint density at radius 3 is 1.18 bits per heavy atom. The van der Waals surface area contributed by atoms with E-state index >= 15 is 0 Å². The van der Waals surface area contributed by atoms with Gasteiger partial charge in [-0.25, -0.2) is 18.0 Å². The molecule has 0 saturated heterocycles. The molecule has 0 radical (unpaired) electrons. The number of carboxylic acid groups (broad SMARTS) is 1. The van der Waals surface area contributed by atoms with E-state index in [2.05, 4.69) is 0 Å². The summed E-state index contributed by atoms with van der Waals surface area (Å²) in [7, 11) is 0. The Morgan fingerprint density at radius 2 is 0.929 bits per heavy atom. The number of rotatable bonds is 9. The molecule has 1 N–H and O–H groups in total. The number of carbonyl (C=O) groups is 1. The van der Waals surface area contributed by atoms with E-state index in [1.54, 1.807) is 0 Å². The highest BCUT2D eigenvalue weighted by molar-refractivity contribution is 5.87. The van der Waals surface area contributed by atoms with Gasteiger partial charge in [0.25, 0.3) is 0 Å². The van der Waals surface area contributed by atoms with Gasteiger partial charge in [0.2, 0.25) is 6.17 Å². The van der Waals surface area contributed by atoms with Gasteiger partial charge in [-0.3, -0.25) is 0 Å². The van der Waals surface area contributed by atoms with Crippen molar-refractivity contribution in [2.45, 2.75) is 48.1 Å². The zero-order valence-electron chi connectivity index (χ0n) is 12.4. The molecule has 0 rings (SSSR count). The van der Waals surface area contributed by atoms with Gasteiger partial charge in [-0.15, -0.1) is 0 Å². The van der Waals surface area contributed by atoms with Crippen LogP contribution in [0.3, 0.4) is 0 Å². The molecule has 0 aliphatic carbocycles. The Morgan fingerprint density at radius 1 is 0.643 bits per heavy atom. The molecule has 166 valence electrons. The molecule has 0 spiro atoms. The van der Waals surface area contributed by atoms with E-state index in [4.69, 9.17) is 5.11 Å². The Hall–Kier alpha value is -1.84. The van der Waals surface area contributed by atoms with Crippen LogP contribution in [0.2, 0.25) is 0 Å². The van der Waals surface area contributed by atoms with E-state index in [-0.39, 0.29) is 0 Å². The first-order valence-corrected chi connectivity index (χ1v) is 6.07. The number of hydrogen-bond donors (Lipinski definition) is 1. The fourth-order valence-corrected chi connectivity index (χ4v) is 1.44. The third-order valence-corrected chi connectivity index (χ3v) is 3.19. The first kappa shape index (κ1) is 26.2. The van der Waals surface area contributed by atoms with E-state index in [1.165, 1.54) is 0 Å². The summed E-state index contributed by atoms with van der Waals surface area (Å²) in [6.07, 6.45) is -11.0. The molecule has 0 aromatic rings. The van der Waals surface area contributed by atoms with Gasteiger partial charge < -0.3 is 5.11 Å². The van der Waals surface area contributed by atoms with Gasteiger partial charge in [-0.1, -0.05) is 6.58 Å². The van der Waals surface area contributed by atoms with Crippen LogP contribution in [0.5, 0.6) is 0 Å². The van der Waals surface area contributed by atoms with Gasteiger partial charge in [0.15, 0.2) is 0 Å². The summed E-state index contributed by atoms with van der Waals surface area (Å²) in [5, 5.41) is 8.09. The Labute approximate surface area is 143 Å². The summed E-state index contributed by atoms with van der Waals surface area (Å²) in [6.45, 7) is 1.90. The zero-order valence-corrected chi connectivity index (χ0v) is 12.4. The van der Waals surface area contributed by atoms with Gasteiger partial charge >= 0.3 is 47.9 Å². The fourth-order valence-electron chi connectivity index (χ4n) is 1.44. The molecule has 28 heavy (non-hydrogen) atoms. The Kier molecular flexibility index (Phi) is 6.44. The van der Waals surface area contributed by atoms with Crippen LogP contribution < -0.4 is 0 Å². The van der Waals surface area contributed by atoms with E-state index in [0.717, 1.165) is 0 Å². The van der Waals surface area contributed by atoms with Crippen LogP contribution in [-0.2, 0) is 4.79 Å². The van der Waals surface area contributed by atoms with E-state index in [9.17, 15) is 70.7 Å². The van der Waals surface area contributed by atoms with Crippen molar-refractivity contribution in [1.29, 1.82) is 0 Å². The molecular weight excluding hydrogens is 449 g/mol. The summed E-state index contributed by atoms with van der Waals surface area (Å²) >= 11 is 0. The maximum Gasteiger partial charge on any atom is 0.384 e. The van der Waals surface area contributed by atoms with E-state index in [1.807, 2.05) is 6.58 Å². The van der Waals surface area contributed by atoms with Crippen molar-refractivity contribution in [3.63, 3.8) is 0 Å². The second-order valence-electron chi connectivity index (χ2n) is 5.04. The number of carboxylic acids is 1. The predicted molar refractivity (Wildman–Crippen MR) is 57.4 cm³/mol. The van der Waals surface area contributed by atoms with Gasteiger partial charge in [-0.05, 0) is 0 Å². The summed E-state index contributed by atoms with van der Waals surface area (Å²) in [5.41, 5.74) is -2.63. The predicted octanol–water partition coefficient (Wildman–Crippen LogP) is 5.04. The maximum absolute atomic E-state index is 13.2. The monoisotopic (exact) mass is 454 g/mol. The third-order valence-electron chi connectivity index (χ3n) is 3.19. The summed E-state index contributed by atoms with van der Waals surface area (Å²) in [5.74, 6) is -50.2. The molecule has 2 nitrogen and oxygen atoms in total. The quantitative estimate of drug-likeness (QED) is 0.392. The standard InChI is InChI=1S/C11H5F15O2/c1-2(4(27)28)3(12)6(15,16)8(19,20)10(23,24)11(25,26)9(21,22)7(17,18)5(13)14/h3,5H,1H2,(H,27,28). The molecule has 0 amide bonds. The van der Waals surface area contributed by atoms with Crippen LogP contribution in [0.15, 0.2) is 12.2 Å². The summed E-state index contributed by atoms with van der Waals surface area (Å²) in [6, 6.07) is 0. The largest absolute Gasteiger partial charge is 0.478 e. The molecule has 1 atom stereocenters. The molecule has 0 aliphatic heterocycles.